The van der Waals surface area contributed by atoms with Gasteiger partial charge in [-0.25, -0.2) is 4.90 Å². The Morgan fingerprint density at radius 3 is 2.74 bits per heavy atom. The molecule has 19 heavy (non-hydrogen) atoms. The quantitative estimate of drug-likeness (QED) is 0.784. The van der Waals surface area contributed by atoms with Crippen molar-refractivity contribution < 1.29 is 9.59 Å². The predicted molar refractivity (Wildman–Crippen MR) is 79.7 cm³/mol. The van der Waals surface area contributed by atoms with Crippen LogP contribution < -0.4 is 4.90 Å². The molecule has 1 aromatic rings. The molecule has 2 amide bonds. The van der Waals surface area contributed by atoms with Crippen molar-refractivity contribution in [2.24, 2.45) is 4.99 Å². The molecule has 98 valence electrons. The first kappa shape index (κ1) is 12.7. The molecule has 1 saturated heterocycles. The highest BCUT2D eigenvalue weighted by Gasteiger charge is 2.40. The summed E-state index contributed by atoms with van der Waals surface area (Å²) in [7, 11) is 0. The molecule has 4 nitrogen and oxygen atoms in total. The van der Waals surface area contributed by atoms with Gasteiger partial charge >= 0.3 is 0 Å². The molecule has 6 heteroatoms. The number of rotatable bonds is 2. The number of nitrogens with zero attached hydrogens (tertiary/aromatic N) is 2. The molecule has 0 spiro atoms. The van der Waals surface area contributed by atoms with Crippen LogP contribution in [0, 0.1) is 0 Å². The molecule has 0 radical (unpaired) electrons. The van der Waals surface area contributed by atoms with E-state index in [0.29, 0.717) is 5.69 Å². The Kier molecular flexibility index (Phi) is 3.61. The number of hydrogen-bond donors (Lipinski definition) is 0. The van der Waals surface area contributed by atoms with Gasteiger partial charge in [-0.1, -0.05) is 41.7 Å². The number of imide groups is 1. The highest BCUT2D eigenvalue weighted by molar-refractivity contribution is 8.39. The van der Waals surface area contributed by atoms with E-state index in [1.807, 2.05) is 18.2 Å². The van der Waals surface area contributed by atoms with E-state index < -0.39 is 0 Å². The van der Waals surface area contributed by atoms with Crippen LogP contribution in [0.15, 0.2) is 35.3 Å². The lowest BCUT2D eigenvalue weighted by Gasteiger charge is -2.14. The number of hydrogen-bond acceptors (Lipinski definition) is 5. The van der Waals surface area contributed by atoms with Crippen molar-refractivity contribution in [2.45, 2.75) is 11.7 Å². The second-order valence-electron chi connectivity index (χ2n) is 4.21. The molecule has 0 aromatic heterocycles. The molecule has 1 aromatic carbocycles. The van der Waals surface area contributed by atoms with Crippen LogP contribution in [0.3, 0.4) is 0 Å². The highest BCUT2D eigenvalue weighted by atomic mass is 32.2. The molecule has 2 aliphatic heterocycles. The maximum atomic E-state index is 12.3. The van der Waals surface area contributed by atoms with Crippen molar-refractivity contribution in [2.75, 3.05) is 17.2 Å². The summed E-state index contributed by atoms with van der Waals surface area (Å²) in [6, 6.07) is 9.08. The number of benzene rings is 1. The molecule has 2 aliphatic rings. The summed E-state index contributed by atoms with van der Waals surface area (Å²) in [5.41, 5.74) is 0.654. The standard InChI is InChI=1S/C13H12N2O2S2/c16-11-8-10(19-13-14-6-7-18-13)12(17)15(11)9-4-2-1-3-5-9/h1-5,10H,6-8H2/t10-/m0/s1. The lowest BCUT2D eigenvalue weighted by atomic mass is 10.3. The number of aliphatic imine (C=N–C) groups is 1. The molecule has 0 N–H and O–H groups in total. The van der Waals surface area contributed by atoms with Crippen LogP contribution in [-0.4, -0.2) is 33.7 Å². The van der Waals surface area contributed by atoms with Crippen molar-refractivity contribution in [3.05, 3.63) is 30.3 Å². The minimum absolute atomic E-state index is 0.128. The average Bonchev–Trinajstić information content (AvgIpc) is 3.01. The third-order valence-corrected chi connectivity index (χ3v) is 5.31. The molecule has 2 heterocycles. The van der Waals surface area contributed by atoms with E-state index in [4.69, 9.17) is 0 Å². The van der Waals surface area contributed by atoms with Gasteiger partial charge < -0.3 is 0 Å². The van der Waals surface area contributed by atoms with Crippen LogP contribution in [-0.2, 0) is 9.59 Å². The average molecular weight is 292 g/mol. The van der Waals surface area contributed by atoms with Crippen molar-refractivity contribution >= 4 is 45.4 Å². The van der Waals surface area contributed by atoms with Gasteiger partial charge in [0.1, 0.15) is 9.63 Å². The SMILES string of the molecule is O=C1C[C@H](SC2=NCCS2)C(=O)N1c1ccccc1. The maximum absolute atomic E-state index is 12.3. The molecule has 0 aliphatic carbocycles. The van der Waals surface area contributed by atoms with Crippen LogP contribution >= 0.6 is 23.5 Å². The number of carbonyl (C=O) groups excluding carboxylic acids is 2. The maximum Gasteiger partial charge on any atom is 0.247 e. The molecule has 1 fully saturated rings. The first-order chi connectivity index (χ1) is 9.25. The van der Waals surface area contributed by atoms with Gasteiger partial charge in [-0.05, 0) is 12.1 Å². The molecule has 1 atom stereocenters. The Bertz CT molecular complexity index is 545. The lowest BCUT2D eigenvalue weighted by molar-refractivity contribution is -0.121. The fourth-order valence-corrected chi connectivity index (χ4v) is 4.30. The molecular formula is C13H12N2O2S2. The van der Waals surface area contributed by atoms with Gasteiger partial charge in [0, 0.05) is 12.2 Å². The number of amides is 2. The van der Waals surface area contributed by atoms with E-state index in [1.165, 1.54) is 16.7 Å². The van der Waals surface area contributed by atoms with Gasteiger partial charge in [-0.2, -0.15) is 0 Å². The van der Waals surface area contributed by atoms with Crippen LogP contribution in [0.5, 0.6) is 0 Å². The first-order valence-electron chi connectivity index (χ1n) is 6.01. The summed E-state index contributed by atoms with van der Waals surface area (Å²) in [5, 5.41) is -0.322. The normalized spacial score (nSPS) is 23.1. The molecule has 0 saturated carbocycles. The fourth-order valence-electron chi connectivity index (χ4n) is 2.05. The molecule has 0 bridgehead atoms. The Hall–Kier alpha value is -1.27. The summed E-state index contributed by atoms with van der Waals surface area (Å²) >= 11 is 3.09. The number of thioether (sulfide) groups is 2. The minimum atomic E-state index is -0.322. The number of anilines is 1. The second-order valence-corrected chi connectivity index (χ2v) is 6.74. The Morgan fingerprint density at radius 1 is 1.26 bits per heavy atom. The zero-order valence-electron chi connectivity index (χ0n) is 10.1. The third-order valence-electron chi connectivity index (χ3n) is 2.92. The third kappa shape index (κ3) is 2.55. The van der Waals surface area contributed by atoms with E-state index in [0.717, 1.165) is 16.7 Å². The van der Waals surface area contributed by atoms with E-state index in [2.05, 4.69) is 4.99 Å². The summed E-state index contributed by atoms with van der Waals surface area (Å²) in [6.45, 7) is 0.810. The molecule has 3 rings (SSSR count). The van der Waals surface area contributed by atoms with Crippen molar-refractivity contribution in [1.82, 2.24) is 0 Å². The minimum Gasteiger partial charge on any atom is -0.274 e. The van der Waals surface area contributed by atoms with E-state index >= 15 is 0 Å². The van der Waals surface area contributed by atoms with Crippen LogP contribution in [0.25, 0.3) is 0 Å². The van der Waals surface area contributed by atoms with Gasteiger partial charge in [-0.15, -0.1) is 0 Å². The summed E-state index contributed by atoms with van der Waals surface area (Å²) < 4.78 is 0.932. The van der Waals surface area contributed by atoms with Crippen molar-refractivity contribution in [3.8, 4) is 0 Å². The van der Waals surface area contributed by atoms with Crippen LogP contribution in [0.4, 0.5) is 5.69 Å². The number of carbonyl (C=O) groups is 2. The Balaban J connectivity index is 1.77. The van der Waals surface area contributed by atoms with Gasteiger partial charge in [0.05, 0.1) is 12.2 Å². The van der Waals surface area contributed by atoms with Gasteiger partial charge in [0.15, 0.2) is 0 Å². The van der Waals surface area contributed by atoms with Crippen LogP contribution in [0.2, 0.25) is 0 Å². The van der Waals surface area contributed by atoms with Gasteiger partial charge in [0.25, 0.3) is 0 Å². The number of para-hydroxylation sites is 1. The largest absolute Gasteiger partial charge is 0.274 e. The van der Waals surface area contributed by atoms with E-state index in [-0.39, 0.29) is 23.5 Å². The topological polar surface area (TPSA) is 49.7 Å². The zero-order valence-corrected chi connectivity index (χ0v) is 11.7. The lowest BCUT2D eigenvalue weighted by Crippen LogP contribution is -2.31. The zero-order chi connectivity index (χ0) is 13.2. The summed E-state index contributed by atoms with van der Waals surface area (Å²) in [5.74, 6) is 0.716. The van der Waals surface area contributed by atoms with Gasteiger partial charge in [-0.3, -0.25) is 14.6 Å². The van der Waals surface area contributed by atoms with E-state index in [1.54, 1.807) is 23.9 Å². The van der Waals surface area contributed by atoms with E-state index in [9.17, 15) is 9.59 Å². The molecule has 0 unspecified atom stereocenters. The molecular weight excluding hydrogens is 280 g/mol. The van der Waals surface area contributed by atoms with Crippen molar-refractivity contribution in [1.29, 1.82) is 0 Å². The van der Waals surface area contributed by atoms with Crippen LogP contribution in [0.1, 0.15) is 6.42 Å². The Morgan fingerprint density at radius 2 is 2.05 bits per heavy atom. The second kappa shape index (κ2) is 5.38. The van der Waals surface area contributed by atoms with Gasteiger partial charge in [0.2, 0.25) is 11.8 Å². The Labute approximate surface area is 119 Å². The smallest absolute Gasteiger partial charge is 0.247 e. The highest BCUT2D eigenvalue weighted by Crippen LogP contribution is 2.34. The summed E-state index contributed by atoms with van der Waals surface area (Å²) in [6.07, 6.45) is 0.262. The first-order valence-corrected chi connectivity index (χ1v) is 7.88. The fraction of sp³-hybridized carbons (Fsp3) is 0.308. The predicted octanol–water partition coefficient (Wildman–Crippen LogP) is 2.15. The summed E-state index contributed by atoms with van der Waals surface area (Å²) in [4.78, 5) is 29.9. The monoisotopic (exact) mass is 292 g/mol. The van der Waals surface area contributed by atoms with Crippen molar-refractivity contribution in [3.63, 3.8) is 0 Å².